The molecule has 1 aliphatic heterocycles. The summed E-state index contributed by atoms with van der Waals surface area (Å²) in [5, 5.41) is 3.38. The lowest BCUT2D eigenvalue weighted by atomic mass is 10.2. The Labute approximate surface area is 134 Å². The monoisotopic (exact) mass is 390 g/mol. The Morgan fingerprint density at radius 3 is 2.90 bits per heavy atom. The van der Waals surface area contributed by atoms with Crippen molar-refractivity contribution in [2.24, 2.45) is 0 Å². The molecule has 1 unspecified atom stereocenters. The van der Waals surface area contributed by atoms with Gasteiger partial charge in [0.25, 0.3) is 0 Å². The average molecular weight is 390 g/mol. The van der Waals surface area contributed by atoms with Crippen LogP contribution in [0.4, 0.5) is 5.82 Å². The Kier molecular flexibility index (Phi) is 5.98. The van der Waals surface area contributed by atoms with Gasteiger partial charge in [-0.2, -0.15) is 0 Å². The molecule has 0 aliphatic carbocycles. The lowest BCUT2D eigenvalue weighted by molar-refractivity contribution is -0.0326. The highest BCUT2D eigenvalue weighted by Crippen LogP contribution is 2.24. The van der Waals surface area contributed by atoms with Gasteiger partial charge in [-0.1, -0.05) is 13.8 Å². The van der Waals surface area contributed by atoms with Crippen molar-refractivity contribution >= 4 is 28.4 Å². The first kappa shape index (κ1) is 15.9. The van der Waals surface area contributed by atoms with E-state index in [1.807, 2.05) is 6.92 Å². The number of hydrogen-bond acceptors (Lipinski definition) is 5. The van der Waals surface area contributed by atoms with Crippen LogP contribution in [0.2, 0.25) is 0 Å². The molecule has 5 nitrogen and oxygen atoms in total. The van der Waals surface area contributed by atoms with E-state index < -0.39 is 0 Å². The van der Waals surface area contributed by atoms with Crippen molar-refractivity contribution < 1.29 is 4.74 Å². The standard InChI is InChI=1S/C14H23IN4O/c1-4-6-16-14-12(15)10(3)17-13(18-14)11-9-19(5-2)7-8-20-11/h11H,4-9H2,1-3H3,(H,16,17,18). The average Bonchev–Trinajstić information content (AvgIpc) is 2.48. The molecule has 1 fully saturated rings. The quantitative estimate of drug-likeness (QED) is 0.784. The van der Waals surface area contributed by atoms with Gasteiger partial charge in [0.1, 0.15) is 11.9 Å². The van der Waals surface area contributed by atoms with Crippen LogP contribution in [-0.2, 0) is 4.74 Å². The second kappa shape index (κ2) is 7.51. The van der Waals surface area contributed by atoms with Gasteiger partial charge >= 0.3 is 0 Å². The maximum Gasteiger partial charge on any atom is 0.161 e. The highest BCUT2D eigenvalue weighted by atomic mass is 127. The third kappa shape index (κ3) is 3.79. The molecule has 2 heterocycles. The predicted octanol–water partition coefficient (Wildman–Crippen LogP) is 2.60. The molecule has 1 aromatic rings. The predicted molar refractivity (Wildman–Crippen MR) is 89.1 cm³/mol. The number of aromatic nitrogens is 2. The van der Waals surface area contributed by atoms with Crippen LogP contribution in [-0.4, -0.2) is 47.7 Å². The molecular formula is C14H23IN4O. The molecule has 2 rings (SSSR count). The van der Waals surface area contributed by atoms with Gasteiger partial charge in [-0.15, -0.1) is 0 Å². The molecule has 0 saturated carbocycles. The maximum absolute atomic E-state index is 5.85. The van der Waals surface area contributed by atoms with Gasteiger partial charge in [-0.25, -0.2) is 9.97 Å². The maximum atomic E-state index is 5.85. The van der Waals surface area contributed by atoms with Crippen LogP contribution in [0.3, 0.4) is 0 Å². The fraction of sp³-hybridized carbons (Fsp3) is 0.714. The Hall–Kier alpha value is -0.470. The number of likely N-dealkylation sites (N-methyl/N-ethyl adjacent to an activating group) is 1. The van der Waals surface area contributed by atoms with Crippen molar-refractivity contribution in [2.75, 3.05) is 38.1 Å². The van der Waals surface area contributed by atoms with Crippen LogP contribution < -0.4 is 5.32 Å². The molecule has 1 aromatic heterocycles. The molecule has 0 aromatic carbocycles. The minimum absolute atomic E-state index is 0.0124. The zero-order chi connectivity index (χ0) is 14.5. The summed E-state index contributed by atoms with van der Waals surface area (Å²) in [7, 11) is 0. The molecule has 1 atom stereocenters. The first-order chi connectivity index (χ1) is 9.65. The van der Waals surface area contributed by atoms with Crippen molar-refractivity contribution in [3.05, 3.63) is 15.1 Å². The van der Waals surface area contributed by atoms with E-state index in [9.17, 15) is 0 Å². The summed E-state index contributed by atoms with van der Waals surface area (Å²) in [6.07, 6.45) is 1.07. The normalized spacial score (nSPS) is 20.1. The number of nitrogens with one attached hydrogen (secondary N) is 1. The van der Waals surface area contributed by atoms with Gasteiger partial charge in [-0.05, 0) is 42.5 Å². The Morgan fingerprint density at radius 2 is 2.20 bits per heavy atom. The molecule has 6 heteroatoms. The number of morpholine rings is 1. The summed E-state index contributed by atoms with van der Waals surface area (Å²) in [4.78, 5) is 11.7. The smallest absolute Gasteiger partial charge is 0.161 e. The van der Waals surface area contributed by atoms with Crippen LogP contribution in [0.5, 0.6) is 0 Å². The van der Waals surface area contributed by atoms with E-state index in [1.165, 1.54) is 0 Å². The van der Waals surface area contributed by atoms with Gasteiger partial charge in [0.15, 0.2) is 5.82 Å². The summed E-state index contributed by atoms with van der Waals surface area (Å²) in [6.45, 7) is 11.0. The van der Waals surface area contributed by atoms with Gasteiger partial charge in [0, 0.05) is 19.6 Å². The number of hydrogen-bond donors (Lipinski definition) is 1. The SMILES string of the molecule is CCCNc1nc(C2CN(CC)CCO2)nc(C)c1I. The first-order valence-corrected chi connectivity index (χ1v) is 8.35. The van der Waals surface area contributed by atoms with Gasteiger partial charge in [-0.3, -0.25) is 4.90 Å². The highest BCUT2D eigenvalue weighted by molar-refractivity contribution is 14.1. The zero-order valence-corrected chi connectivity index (χ0v) is 14.6. The van der Waals surface area contributed by atoms with E-state index in [0.29, 0.717) is 0 Å². The van der Waals surface area contributed by atoms with E-state index in [0.717, 1.165) is 60.1 Å². The molecule has 112 valence electrons. The van der Waals surface area contributed by atoms with E-state index in [2.05, 4.69) is 56.6 Å². The van der Waals surface area contributed by atoms with Crippen LogP contribution in [0, 0.1) is 10.5 Å². The van der Waals surface area contributed by atoms with E-state index in [4.69, 9.17) is 4.74 Å². The largest absolute Gasteiger partial charge is 0.369 e. The van der Waals surface area contributed by atoms with E-state index in [-0.39, 0.29) is 6.10 Å². The molecule has 1 N–H and O–H groups in total. The van der Waals surface area contributed by atoms with Gasteiger partial charge in [0.05, 0.1) is 15.9 Å². The third-order valence-corrected chi connectivity index (χ3v) is 4.75. The lowest BCUT2D eigenvalue weighted by Gasteiger charge is -2.31. The Bertz CT molecular complexity index is 455. The first-order valence-electron chi connectivity index (χ1n) is 7.27. The van der Waals surface area contributed by atoms with Crippen LogP contribution >= 0.6 is 22.6 Å². The highest BCUT2D eigenvalue weighted by Gasteiger charge is 2.24. The number of ether oxygens (including phenoxy) is 1. The summed E-state index contributed by atoms with van der Waals surface area (Å²) in [5.74, 6) is 1.74. The summed E-state index contributed by atoms with van der Waals surface area (Å²) in [5.41, 5.74) is 1.02. The fourth-order valence-corrected chi connectivity index (χ4v) is 2.66. The van der Waals surface area contributed by atoms with Crippen molar-refractivity contribution in [2.45, 2.75) is 33.3 Å². The second-order valence-electron chi connectivity index (χ2n) is 5.01. The second-order valence-corrected chi connectivity index (χ2v) is 6.09. The van der Waals surface area contributed by atoms with Crippen molar-refractivity contribution in [1.29, 1.82) is 0 Å². The Morgan fingerprint density at radius 1 is 1.40 bits per heavy atom. The molecule has 1 saturated heterocycles. The molecule has 0 radical (unpaired) electrons. The topological polar surface area (TPSA) is 50.3 Å². The molecule has 0 amide bonds. The summed E-state index contributed by atoms with van der Waals surface area (Å²) < 4.78 is 6.95. The van der Waals surface area contributed by atoms with E-state index in [1.54, 1.807) is 0 Å². The van der Waals surface area contributed by atoms with Crippen LogP contribution in [0.15, 0.2) is 0 Å². The Balaban J connectivity index is 2.20. The summed E-state index contributed by atoms with van der Waals surface area (Å²) in [6, 6.07) is 0. The van der Waals surface area contributed by atoms with Crippen LogP contribution in [0.1, 0.15) is 37.9 Å². The van der Waals surface area contributed by atoms with Gasteiger partial charge < -0.3 is 10.1 Å². The number of aryl methyl sites for hydroxylation is 1. The van der Waals surface area contributed by atoms with Crippen LogP contribution in [0.25, 0.3) is 0 Å². The molecule has 0 spiro atoms. The minimum atomic E-state index is -0.0124. The molecule has 0 bridgehead atoms. The fourth-order valence-electron chi connectivity index (χ4n) is 2.23. The number of anilines is 1. The molecular weight excluding hydrogens is 367 g/mol. The van der Waals surface area contributed by atoms with Crippen molar-refractivity contribution in [1.82, 2.24) is 14.9 Å². The van der Waals surface area contributed by atoms with Crippen molar-refractivity contribution in [3.63, 3.8) is 0 Å². The lowest BCUT2D eigenvalue weighted by Crippen LogP contribution is -2.38. The van der Waals surface area contributed by atoms with Crippen molar-refractivity contribution in [3.8, 4) is 0 Å². The molecule has 1 aliphatic rings. The zero-order valence-electron chi connectivity index (χ0n) is 12.4. The summed E-state index contributed by atoms with van der Waals surface area (Å²) >= 11 is 2.30. The number of rotatable bonds is 5. The minimum Gasteiger partial charge on any atom is -0.369 e. The third-order valence-electron chi connectivity index (χ3n) is 3.46. The number of halogens is 1. The molecule has 20 heavy (non-hydrogen) atoms. The number of nitrogens with zero attached hydrogens (tertiary/aromatic N) is 3. The van der Waals surface area contributed by atoms with E-state index >= 15 is 0 Å². The van der Waals surface area contributed by atoms with Gasteiger partial charge in [0.2, 0.25) is 0 Å².